The van der Waals surface area contributed by atoms with Crippen LogP contribution < -0.4 is 5.32 Å². The molecule has 2 atom stereocenters. The summed E-state index contributed by atoms with van der Waals surface area (Å²) >= 11 is 6.12. The van der Waals surface area contributed by atoms with E-state index in [1.807, 2.05) is 32.0 Å². The van der Waals surface area contributed by atoms with Crippen LogP contribution in [0.1, 0.15) is 52.9 Å². The molecule has 1 aliphatic heterocycles. The Labute approximate surface area is 191 Å². The highest BCUT2D eigenvalue weighted by atomic mass is 35.5. The van der Waals surface area contributed by atoms with Crippen LogP contribution in [0.2, 0.25) is 5.02 Å². The van der Waals surface area contributed by atoms with Crippen molar-refractivity contribution < 1.29 is 9.59 Å². The van der Waals surface area contributed by atoms with Crippen molar-refractivity contribution in [2.75, 3.05) is 11.9 Å². The predicted octanol–water partition coefficient (Wildman–Crippen LogP) is 4.51. The number of carbonyl (C=O) groups excluding carboxylic acids is 2. The van der Waals surface area contributed by atoms with E-state index < -0.39 is 12.0 Å². The number of anilines is 1. The molecular formula is C24H22ClN5O2. The van der Waals surface area contributed by atoms with Crippen molar-refractivity contribution in [3.63, 3.8) is 0 Å². The quantitative estimate of drug-likeness (QED) is 0.600. The van der Waals surface area contributed by atoms with Gasteiger partial charge in [0.1, 0.15) is 0 Å². The van der Waals surface area contributed by atoms with Crippen LogP contribution in [0.5, 0.6) is 0 Å². The van der Waals surface area contributed by atoms with Crippen LogP contribution in [0.3, 0.4) is 0 Å². The summed E-state index contributed by atoms with van der Waals surface area (Å²) in [5, 5.41) is 19.4. The Morgan fingerprint density at radius 3 is 2.78 bits per heavy atom. The monoisotopic (exact) mass is 447 g/mol. The topological polar surface area (TPSA) is 102 Å². The van der Waals surface area contributed by atoms with E-state index in [4.69, 9.17) is 11.6 Å². The highest BCUT2D eigenvalue weighted by Crippen LogP contribution is 2.43. The average molecular weight is 448 g/mol. The zero-order valence-corrected chi connectivity index (χ0v) is 18.4. The SMILES string of the molecule is CC(C)CN1C(=O)c2ccccc2[C@H](C(=O)Nc2cc(Cl)cc(C#N)c2)[C@H]1c1cn[nH]c1. The number of fused-ring (bicyclic) bond motifs is 1. The summed E-state index contributed by atoms with van der Waals surface area (Å²) in [6.45, 7) is 4.55. The van der Waals surface area contributed by atoms with Crippen molar-refractivity contribution in [1.29, 1.82) is 5.26 Å². The summed E-state index contributed by atoms with van der Waals surface area (Å²) in [4.78, 5) is 28.9. The summed E-state index contributed by atoms with van der Waals surface area (Å²) in [5.41, 5.74) is 2.69. The van der Waals surface area contributed by atoms with Gasteiger partial charge < -0.3 is 10.2 Å². The largest absolute Gasteiger partial charge is 0.330 e. The number of aromatic amines is 1. The lowest BCUT2D eigenvalue weighted by atomic mass is 9.79. The van der Waals surface area contributed by atoms with Crippen molar-refractivity contribution in [3.05, 3.63) is 82.1 Å². The van der Waals surface area contributed by atoms with Gasteiger partial charge in [0.25, 0.3) is 5.91 Å². The molecule has 1 aliphatic rings. The third kappa shape index (κ3) is 4.10. The standard InChI is InChI=1S/C24H22ClN5O2/c1-14(2)13-30-22(16-11-27-28-12-16)21(19-5-3-4-6-20(19)24(30)32)23(31)29-18-8-15(10-26)7-17(25)9-18/h3-9,11-12,14,21-22H,13H2,1-2H3,(H,27,28)(H,29,31)/t21-,22+/m0/s1. The van der Waals surface area contributed by atoms with E-state index in [9.17, 15) is 14.9 Å². The Balaban J connectivity index is 1.82. The van der Waals surface area contributed by atoms with Crippen LogP contribution >= 0.6 is 11.6 Å². The summed E-state index contributed by atoms with van der Waals surface area (Å²) in [6.07, 6.45) is 3.36. The lowest BCUT2D eigenvalue weighted by Gasteiger charge is -2.42. The highest BCUT2D eigenvalue weighted by molar-refractivity contribution is 6.31. The summed E-state index contributed by atoms with van der Waals surface area (Å²) in [5.74, 6) is -0.881. The summed E-state index contributed by atoms with van der Waals surface area (Å²) in [7, 11) is 0. The van der Waals surface area contributed by atoms with Gasteiger partial charge in [-0.1, -0.05) is 43.6 Å². The number of rotatable bonds is 5. The van der Waals surface area contributed by atoms with Crippen molar-refractivity contribution in [1.82, 2.24) is 15.1 Å². The molecule has 2 heterocycles. The van der Waals surface area contributed by atoms with E-state index >= 15 is 0 Å². The minimum Gasteiger partial charge on any atom is -0.330 e. The molecule has 3 aromatic rings. The third-order valence-corrected chi connectivity index (χ3v) is 5.66. The van der Waals surface area contributed by atoms with E-state index in [1.54, 1.807) is 41.6 Å². The normalized spacial score (nSPS) is 17.7. The molecule has 0 saturated heterocycles. The maximum absolute atomic E-state index is 13.7. The number of aromatic nitrogens is 2. The number of hydrogen-bond acceptors (Lipinski definition) is 4. The second-order valence-electron chi connectivity index (χ2n) is 8.22. The fourth-order valence-corrected chi connectivity index (χ4v) is 4.44. The second kappa shape index (κ2) is 8.85. The predicted molar refractivity (Wildman–Crippen MR) is 121 cm³/mol. The van der Waals surface area contributed by atoms with Gasteiger partial charge in [-0.15, -0.1) is 0 Å². The molecule has 0 radical (unpaired) electrons. The lowest BCUT2D eigenvalue weighted by Crippen LogP contribution is -2.47. The number of nitrogens with zero attached hydrogens (tertiary/aromatic N) is 3. The molecule has 0 aliphatic carbocycles. The summed E-state index contributed by atoms with van der Waals surface area (Å²) < 4.78 is 0. The Bertz CT molecular complexity index is 1200. The molecule has 162 valence electrons. The number of H-pyrrole nitrogens is 1. The van der Waals surface area contributed by atoms with Crippen molar-refractivity contribution in [2.45, 2.75) is 25.8 Å². The molecule has 8 heteroatoms. The molecule has 0 saturated carbocycles. The van der Waals surface area contributed by atoms with Gasteiger partial charge in [-0.3, -0.25) is 14.7 Å². The molecule has 7 nitrogen and oxygen atoms in total. The molecular weight excluding hydrogens is 426 g/mol. The number of benzene rings is 2. The van der Waals surface area contributed by atoms with E-state index in [2.05, 4.69) is 15.5 Å². The van der Waals surface area contributed by atoms with Gasteiger partial charge in [0.2, 0.25) is 5.91 Å². The maximum Gasteiger partial charge on any atom is 0.254 e. The first-order chi connectivity index (χ1) is 15.4. The van der Waals surface area contributed by atoms with E-state index in [0.717, 1.165) is 5.56 Å². The van der Waals surface area contributed by atoms with Crippen LogP contribution in [-0.4, -0.2) is 33.5 Å². The van der Waals surface area contributed by atoms with Crippen LogP contribution in [0, 0.1) is 17.2 Å². The molecule has 2 aromatic carbocycles. The fourth-order valence-electron chi connectivity index (χ4n) is 4.21. The van der Waals surface area contributed by atoms with Gasteiger partial charge >= 0.3 is 0 Å². The molecule has 0 spiro atoms. The third-order valence-electron chi connectivity index (χ3n) is 5.44. The molecule has 4 rings (SSSR count). The van der Waals surface area contributed by atoms with Gasteiger partial charge in [-0.2, -0.15) is 10.4 Å². The number of nitriles is 1. The lowest BCUT2D eigenvalue weighted by molar-refractivity contribution is -0.119. The zero-order chi connectivity index (χ0) is 22.8. The highest BCUT2D eigenvalue weighted by Gasteiger charge is 2.44. The Morgan fingerprint density at radius 2 is 2.09 bits per heavy atom. The average Bonchev–Trinajstić information content (AvgIpc) is 3.29. The number of halogens is 1. The second-order valence-corrected chi connectivity index (χ2v) is 8.66. The molecule has 0 fully saturated rings. The number of hydrogen-bond donors (Lipinski definition) is 2. The molecule has 32 heavy (non-hydrogen) atoms. The molecule has 2 N–H and O–H groups in total. The van der Waals surface area contributed by atoms with E-state index in [1.165, 1.54) is 6.07 Å². The smallest absolute Gasteiger partial charge is 0.254 e. The van der Waals surface area contributed by atoms with E-state index in [-0.39, 0.29) is 17.7 Å². The van der Waals surface area contributed by atoms with Gasteiger partial charge in [-0.25, -0.2) is 0 Å². The van der Waals surface area contributed by atoms with Crippen LogP contribution in [0.25, 0.3) is 0 Å². The van der Waals surface area contributed by atoms with Crippen LogP contribution in [-0.2, 0) is 4.79 Å². The number of amides is 2. The Hall–Kier alpha value is -3.63. The Kier molecular flexibility index (Phi) is 5.97. The number of carbonyl (C=O) groups is 2. The Morgan fingerprint density at radius 1 is 1.31 bits per heavy atom. The van der Waals surface area contributed by atoms with Gasteiger partial charge in [0, 0.05) is 34.6 Å². The van der Waals surface area contributed by atoms with Gasteiger partial charge in [0.05, 0.1) is 29.8 Å². The molecule has 2 amide bonds. The maximum atomic E-state index is 13.7. The van der Waals surface area contributed by atoms with Crippen molar-refractivity contribution in [3.8, 4) is 6.07 Å². The first-order valence-electron chi connectivity index (χ1n) is 10.3. The van der Waals surface area contributed by atoms with Crippen LogP contribution in [0.4, 0.5) is 5.69 Å². The minimum absolute atomic E-state index is 0.112. The van der Waals surface area contributed by atoms with Gasteiger partial charge in [0.15, 0.2) is 0 Å². The van der Waals surface area contributed by atoms with Crippen LogP contribution in [0.15, 0.2) is 54.9 Å². The number of nitrogens with one attached hydrogen (secondary N) is 2. The summed E-state index contributed by atoms with van der Waals surface area (Å²) in [6, 6.07) is 13.4. The van der Waals surface area contributed by atoms with Crippen molar-refractivity contribution >= 4 is 29.1 Å². The minimum atomic E-state index is -0.676. The zero-order valence-electron chi connectivity index (χ0n) is 17.7. The first-order valence-corrected chi connectivity index (χ1v) is 10.7. The van der Waals surface area contributed by atoms with Gasteiger partial charge in [-0.05, 0) is 35.7 Å². The van der Waals surface area contributed by atoms with Crippen molar-refractivity contribution in [2.24, 2.45) is 5.92 Å². The fraction of sp³-hybridized carbons (Fsp3) is 0.250. The molecule has 1 aromatic heterocycles. The molecule has 0 unspecified atom stereocenters. The first kappa shape index (κ1) is 21.6. The molecule has 0 bridgehead atoms. The van der Waals surface area contributed by atoms with E-state index in [0.29, 0.717) is 33.9 Å².